The third-order valence-corrected chi connectivity index (χ3v) is 5.33. The number of nitrogens with zero attached hydrogens (tertiary/aromatic N) is 3. The number of hydrogen-bond acceptors (Lipinski definition) is 7. The molecule has 2 aromatic carbocycles. The molecule has 0 amide bonds. The third kappa shape index (κ3) is 5.81. The SMILES string of the molecule is CCCc1c(OCCCCOc2ccc(-c3nn[nH]n3)cc2Br)ccc(C(C)=O)c1O. The van der Waals surface area contributed by atoms with Gasteiger partial charge in [-0.2, -0.15) is 5.21 Å². The van der Waals surface area contributed by atoms with E-state index < -0.39 is 0 Å². The molecule has 0 aliphatic heterocycles. The van der Waals surface area contributed by atoms with Crippen LogP contribution in [0.15, 0.2) is 34.8 Å². The zero-order valence-corrected chi connectivity index (χ0v) is 19.1. The molecule has 0 bridgehead atoms. The average Bonchev–Trinajstić information content (AvgIpc) is 3.28. The molecule has 0 saturated carbocycles. The average molecular weight is 489 g/mol. The Morgan fingerprint density at radius 1 is 1.13 bits per heavy atom. The molecule has 0 aliphatic carbocycles. The van der Waals surface area contributed by atoms with Gasteiger partial charge >= 0.3 is 0 Å². The highest BCUT2D eigenvalue weighted by Gasteiger charge is 2.15. The maximum absolute atomic E-state index is 11.7. The number of ether oxygens (including phenoxy) is 2. The lowest BCUT2D eigenvalue weighted by Gasteiger charge is -2.15. The topological polar surface area (TPSA) is 110 Å². The van der Waals surface area contributed by atoms with Crippen LogP contribution in [0.5, 0.6) is 17.2 Å². The Morgan fingerprint density at radius 3 is 2.45 bits per heavy atom. The Hall–Kier alpha value is -2.94. The van der Waals surface area contributed by atoms with E-state index in [1.165, 1.54) is 6.92 Å². The molecule has 164 valence electrons. The molecular formula is C22H25BrN4O4. The number of ketones is 1. The van der Waals surface area contributed by atoms with E-state index in [-0.39, 0.29) is 11.5 Å². The van der Waals surface area contributed by atoms with Crippen molar-refractivity contribution in [3.05, 3.63) is 45.9 Å². The standard InChI is InChI=1S/C22H25BrN4O4/c1-3-6-17-19(10-8-16(14(2)28)21(17)29)30-11-4-5-12-31-20-9-7-15(13-18(20)23)22-24-26-27-25-22/h7-10,13,29H,3-6,11-12H2,1-2H3,(H,24,25,26,27). The summed E-state index contributed by atoms with van der Waals surface area (Å²) in [5.41, 5.74) is 1.86. The summed E-state index contributed by atoms with van der Waals surface area (Å²) in [6.45, 7) is 4.51. The fourth-order valence-corrected chi connectivity index (χ4v) is 3.63. The second-order valence-corrected chi connectivity index (χ2v) is 7.88. The van der Waals surface area contributed by atoms with Crippen LogP contribution in [0.1, 0.15) is 49.0 Å². The van der Waals surface area contributed by atoms with E-state index in [1.807, 2.05) is 25.1 Å². The normalized spacial score (nSPS) is 10.8. The molecule has 0 unspecified atom stereocenters. The molecule has 8 nitrogen and oxygen atoms in total. The van der Waals surface area contributed by atoms with Crippen LogP contribution in [-0.4, -0.2) is 44.7 Å². The summed E-state index contributed by atoms with van der Waals surface area (Å²) in [6, 6.07) is 9.00. The molecule has 0 fully saturated rings. The summed E-state index contributed by atoms with van der Waals surface area (Å²) < 4.78 is 12.5. The van der Waals surface area contributed by atoms with Gasteiger partial charge in [0.05, 0.1) is 23.2 Å². The predicted octanol–water partition coefficient (Wildman–Crippen LogP) is 4.73. The number of aromatic amines is 1. The first-order valence-corrected chi connectivity index (χ1v) is 10.9. The van der Waals surface area contributed by atoms with Crippen LogP contribution < -0.4 is 9.47 Å². The molecule has 0 saturated heterocycles. The maximum atomic E-state index is 11.7. The Morgan fingerprint density at radius 2 is 1.84 bits per heavy atom. The maximum Gasteiger partial charge on any atom is 0.204 e. The molecule has 0 radical (unpaired) electrons. The molecule has 3 aromatic rings. The second kappa shape index (κ2) is 10.9. The van der Waals surface area contributed by atoms with E-state index >= 15 is 0 Å². The highest BCUT2D eigenvalue weighted by molar-refractivity contribution is 9.10. The van der Waals surface area contributed by atoms with Crippen molar-refractivity contribution in [2.24, 2.45) is 0 Å². The molecule has 1 heterocycles. The van der Waals surface area contributed by atoms with Gasteiger partial charge in [0.1, 0.15) is 17.2 Å². The van der Waals surface area contributed by atoms with Crippen LogP contribution in [-0.2, 0) is 6.42 Å². The molecule has 0 atom stereocenters. The van der Waals surface area contributed by atoms with Crippen LogP contribution >= 0.6 is 15.9 Å². The number of Topliss-reactive ketones (excluding diaryl/α,β-unsaturated/α-hetero) is 1. The molecule has 2 N–H and O–H groups in total. The van der Waals surface area contributed by atoms with E-state index in [1.54, 1.807) is 12.1 Å². The fourth-order valence-electron chi connectivity index (χ4n) is 3.14. The molecule has 1 aromatic heterocycles. The van der Waals surface area contributed by atoms with Gasteiger partial charge in [0.2, 0.25) is 5.82 Å². The van der Waals surface area contributed by atoms with Crippen LogP contribution in [0.2, 0.25) is 0 Å². The number of halogens is 1. The van der Waals surface area contributed by atoms with Crippen molar-refractivity contribution in [3.8, 4) is 28.6 Å². The van der Waals surface area contributed by atoms with Gasteiger partial charge < -0.3 is 14.6 Å². The third-order valence-electron chi connectivity index (χ3n) is 4.71. The molecule has 31 heavy (non-hydrogen) atoms. The lowest BCUT2D eigenvalue weighted by Crippen LogP contribution is -2.05. The van der Waals surface area contributed by atoms with Crippen molar-refractivity contribution in [1.29, 1.82) is 0 Å². The quantitative estimate of drug-likeness (QED) is 0.296. The number of benzene rings is 2. The van der Waals surface area contributed by atoms with Gasteiger partial charge in [0.15, 0.2) is 5.78 Å². The number of nitrogens with one attached hydrogen (secondary N) is 1. The number of phenols is 1. The zero-order chi connectivity index (χ0) is 22.2. The minimum absolute atomic E-state index is 0.0318. The number of hydrogen-bond donors (Lipinski definition) is 2. The largest absolute Gasteiger partial charge is 0.507 e. The highest BCUT2D eigenvalue weighted by Crippen LogP contribution is 2.33. The smallest absolute Gasteiger partial charge is 0.204 e. The summed E-state index contributed by atoms with van der Waals surface area (Å²) in [6.07, 6.45) is 3.10. The Balaban J connectivity index is 1.48. The minimum Gasteiger partial charge on any atom is -0.507 e. The first-order chi connectivity index (χ1) is 15.0. The van der Waals surface area contributed by atoms with E-state index in [9.17, 15) is 9.90 Å². The van der Waals surface area contributed by atoms with Gasteiger partial charge in [0, 0.05) is 11.1 Å². The molecule has 9 heteroatoms. The summed E-state index contributed by atoms with van der Waals surface area (Å²) in [5, 5.41) is 24.3. The Labute approximate surface area is 189 Å². The molecule has 0 spiro atoms. The monoisotopic (exact) mass is 488 g/mol. The number of H-pyrrole nitrogens is 1. The number of carbonyl (C=O) groups excluding carboxylic acids is 1. The number of aromatic nitrogens is 4. The molecule has 3 rings (SSSR count). The zero-order valence-electron chi connectivity index (χ0n) is 17.5. The molecular weight excluding hydrogens is 464 g/mol. The van der Waals surface area contributed by atoms with Crippen LogP contribution in [0.3, 0.4) is 0 Å². The summed E-state index contributed by atoms with van der Waals surface area (Å²) in [5.74, 6) is 1.77. The number of phenolic OH excluding ortho intramolecular Hbond substituents is 1. The predicted molar refractivity (Wildman–Crippen MR) is 120 cm³/mol. The van der Waals surface area contributed by atoms with Gasteiger partial charge in [-0.1, -0.05) is 13.3 Å². The summed E-state index contributed by atoms with van der Waals surface area (Å²) >= 11 is 3.51. The second-order valence-electron chi connectivity index (χ2n) is 7.03. The minimum atomic E-state index is -0.157. The summed E-state index contributed by atoms with van der Waals surface area (Å²) in [7, 11) is 0. The van der Waals surface area contributed by atoms with Gasteiger partial charge in [-0.25, -0.2) is 0 Å². The Kier molecular flexibility index (Phi) is 8.00. The van der Waals surface area contributed by atoms with E-state index in [0.717, 1.165) is 35.0 Å². The summed E-state index contributed by atoms with van der Waals surface area (Å²) in [4.78, 5) is 11.7. The Bertz CT molecular complexity index is 1020. The fraction of sp³-hybridized carbons (Fsp3) is 0.364. The first kappa shape index (κ1) is 22.7. The lowest BCUT2D eigenvalue weighted by molar-refractivity contribution is 0.101. The van der Waals surface area contributed by atoms with Crippen molar-refractivity contribution >= 4 is 21.7 Å². The first-order valence-electron chi connectivity index (χ1n) is 10.2. The van der Waals surface area contributed by atoms with Gasteiger partial charge in [0.25, 0.3) is 0 Å². The van der Waals surface area contributed by atoms with E-state index in [0.29, 0.717) is 42.3 Å². The van der Waals surface area contributed by atoms with Crippen molar-refractivity contribution in [2.75, 3.05) is 13.2 Å². The lowest BCUT2D eigenvalue weighted by atomic mass is 10.0. The number of aromatic hydroxyl groups is 1. The molecule has 0 aliphatic rings. The van der Waals surface area contributed by atoms with Crippen LogP contribution in [0.25, 0.3) is 11.4 Å². The number of carbonyl (C=O) groups is 1. The van der Waals surface area contributed by atoms with Crippen molar-refractivity contribution < 1.29 is 19.4 Å². The number of unbranched alkanes of at least 4 members (excludes halogenated alkanes) is 1. The van der Waals surface area contributed by atoms with E-state index in [2.05, 4.69) is 36.6 Å². The van der Waals surface area contributed by atoms with Crippen molar-refractivity contribution in [1.82, 2.24) is 20.6 Å². The van der Waals surface area contributed by atoms with Crippen LogP contribution in [0.4, 0.5) is 0 Å². The van der Waals surface area contributed by atoms with E-state index in [4.69, 9.17) is 9.47 Å². The van der Waals surface area contributed by atoms with Gasteiger partial charge in [-0.3, -0.25) is 4.79 Å². The highest BCUT2D eigenvalue weighted by atomic mass is 79.9. The van der Waals surface area contributed by atoms with Gasteiger partial charge in [-0.05, 0) is 77.7 Å². The van der Waals surface area contributed by atoms with Crippen LogP contribution in [0, 0.1) is 0 Å². The number of tetrazole rings is 1. The van der Waals surface area contributed by atoms with Gasteiger partial charge in [-0.15, -0.1) is 10.2 Å². The van der Waals surface area contributed by atoms with Crippen molar-refractivity contribution in [2.45, 2.75) is 39.5 Å². The van der Waals surface area contributed by atoms with Crippen molar-refractivity contribution in [3.63, 3.8) is 0 Å². The number of rotatable bonds is 11.